The molecule has 0 spiro atoms. The van der Waals surface area contributed by atoms with Crippen LogP contribution in [-0.4, -0.2) is 30.8 Å². The highest BCUT2D eigenvalue weighted by atomic mass is 16.2. The van der Waals surface area contributed by atoms with E-state index in [1.807, 2.05) is 0 Å². The minimum atomic E-state index is -0.119. The van der Waals surface area contributed by atoms with E-state index < -0.39 is 0 Å². The maximum Gasteiger partial charge on any atom is 0.255 e. The van der Waals surface area contributed by atoms with Crippen LogP contribution in [0.5, 0.6) is 0 Å². The Morgan fingerprint density at radius 2 is 1.78 bits per heavy atom. The molecule has 92 valence electrons. The van der Waals surface area contributed by atoms with E-state index >= 15 is 0 Å². The predicted octanol–water partition coefficient (Wildman–Crippen LogP) is 1.80. The van der Waals surface area contributed by atoms with Crippen molar-refractivity contribution in [1.29, 1.82) is 0 Å². The molecule has 0 N–H and O–H groups in total. The predicted molar refractivity (Wildman–Crippen MR) is 70.2 cm³/mol. The fraction of sp³-hybridized carbons (Fsp3) is 0.143. The average molecular weight is 242 g/mol. The Kier molecular flexibility index (Phi) is 3.02. The highest BCUT2D eigenvalue weighted by molar-refractivity contribution is 6.08. The number of hydrogen-bond donors (Lipinski definition) is 0. The smallest absolute Gasteiger partial charge is 0.255 e. The van der Waals surface area contributed by atoms with Gasteiger partial charge in [0, 0.05) is 37.1 Å². The largest absolute Gasteiger partial charge is 0.345 e. The molecule has 1 aromatic carbocycles. The number of carbonyl (C=O) groups is 2. The molecule has 0 bridgehead atoms. The Bertz CT molecular complexity index is 523. The van der Waals surface area contributed by atoms with E-state index in [0.29, 0.717) is 16.9 Å². The molecule has 0 fully saturated rings. The molecule has 0 atom stereocenters. The van der Waals surface area contributed by atoms with Gasteiger partial charge in [-0.25, -0.2) is 0 Å². The normalized spacial score (nSPS) is 14.2. The lowest BCUT2D eigenvalue weighted by atomic mass is 10.1. The SMILES string of the molecule is C=C1C=CC(=O)N1c1ccc(C(=O)N(C)C)cc1. The van der Waals surface area contributed by atoms with Crippen LogP contribution in [0.3, 0.4) is 0 Å². The monoisotopic (exact) mass is 242 g/mol. The molecule has 4 heteroatoms. The van der Waals surface area contributed by atoms with E-state index in [0.717, 1.165) is 0 Å². The van der Waals surface area contributed by atoms with Gasteiger partial charge in [-0.3, -0.25) is 14.5 Å². The molecule has 1 aliphatic heterocycles. The van der Waals surface area contributed by atoms with E-state index in [-0.39, 0.29) is 11.8 Å². The molecule has 1 heterocycles. The Balaban J connectivity index is 2.26. The second-order valence-corrected chi connectivity index (χ2v) is 4.24. The van der Waals surface area contributed by atoms with Gasteiger partial charge in [0.05, 0.1) is 0 Å². The van der Waals surface area contributed by atoms with Gasteiger partial charge in [0.1, 0.15) is 0 Å². The van der Waals surface area contributed by atoms with Crippen LogP contribution in [0.25, 0.3) is 0 Å². The Morgan fingerprint density at radius 1 is 1.17 bits per heavy atom. The molecule has 2 rings (SSSR count). The molecule has 4 nitrogen and oxygen atoms in total. The zero-order valence-electron chi connectivity index (χ0n) is 10.4. The highest BCUT2D eigenvalue weighted by Crippen LogP contribution is 2.24. The molecule has 1 aromatic rings. The maximum absolute atomic E-state index is 11.7. The van der Waals surface area contributed by atoms with Crippen molar-refractivity contribution in [3.8, 4) is 0 Å². The van der Waals surface area contributed by atoms with Gasteiger partial charge in [-0.05, 0) is 30.3 Å². The van der Waals surface area contributed by atoms with Gasteiger partial charge >= 0.3 is 0 Å². The number of benzene rings is 1. The summed E-state index contributed by atoms with van der Waals surface area (Å²) in [4.78, 5) is 26.4. The van der Waals surface area contributed by atoms with E-state index in [9.17, 15) is 9.59 Å². The molecule has 0 saturated carbocycles. The molecule has 18 heavy (non-hydrogen) atoms. The summed E-state index contributed by atoms with van der Waals surface area (Å²) < 4.78 is 0. The van der Waals surface area contributed by atoms with Gasteiger partial charge in [-0.15, -0.1) is 0 Å². The summed E-state index contributed by atoms with van der Waals surface area (Å²) in [5, 5.41) is 0. The van der Waals surface area contributed by atoms with Crippen LogP contribution < -0.4 is 4.90 Å². The summed E-state index contributed by atoms with van der Waals surface area (Å²) in [6.07, 6.45) is 3.14. The van der Waals surface area contributed by atoms with E-state index in [1.54, 1.807) is 44.4 Å². The summed E-state index contributed by atoms with van der Waals surface area (Å²) >= 11 is 0. The van der Waals surface area contributed by atoms with Crippen LogP contribution in [0.4, 0.5) is 5.69 Å². The average Bonchev–Trinajstić information content (AvgIpc) is 2.68. The third-order valence-corrected chi connectivity index (χ3v) is 2.70. The minimum absolute atomic E-state index is 0.0637. The van der Waals surface area contributed by atoms with Crippen LogP contribution in [-0.2, 0) is 4.79 Å². The zero-order valence-corrected chi connectivity index (χ0v) is 10.4. The van der Waals surface area contributed by atoms with Gasteiger partial charge in [-0.2, -0.15) is 0 Å². The van der Waals surface area contributed by atoms with Crippen LogP contribution in [0.2, 0.25) is 0 Å². The third kappa shape index (κ3) is 2.05. The van der Waals surface area contributed by atoms with Crippen molar-refractivity contribution in [2.75, 3.05) is 19.0 Å². The van der Waals surface area contributed by atoms with Crippen molar-refractivity contribution in [3.63, 3.8) is 0 Å². The summed E-state index contributed by atoms with van der Waals surface area (Å²) in [5.74, 6) is -0.182. The number of hydrogen-bond acceptors (Lipinski definition) is 2. The lowest BCUT2D eigenvalue weighted by Gasteiger charge is -2.18. The molecule has 0 unspecified atom stereocenters. The molecule has 0 saturated heterocycles. The number of rotatable bonds is 2. The van der Waals surface area contributed by atoms with Crippen LogP contribution in [0, 0.1) is 0 Å². The van der Waals surface area contributed by atoms with Gasteiger partial charge in [-0.1, -0.05) is 6.58 Å². The Morgan fingerprint density at radius 3 is 2.22 bits per heavy atom. The van der Waals surface area contributed by atoms with Gasteiger partial charge < -0.3 is 4.90 Å². The van der Waals surface area contributed by atoms with Gasteiger partial charge in [0.25, 0.3) is 11.8 Å². The second-order valence-electron chi connectivity index (χ2n) is 4.24. The van der Waals surface area contributed by atoms with Gasteiger partial charge in [0.2, 0.25) is 0 Å². The van der Waals surface area contributed by atoms with Crippen LogP contribution >= 0.6 is 0 Å². The van der Waals surface area contributed by atoms with Crippen molar-refractivity contribution in [1.82, 2.24) is 4.90 Å². The maximum atomic E-state index is 11.7. The molecular formula is C14H14N2O2. The standard InChI is InChI=1S/C14H14N2O2/c1-10-4-9-13(17)16(10)12-7-5-11(6-8-12)14(18)15(2)3/h4-9H,1H2,2-3H3. The topological polar surface area (TPSA) is 40.6 Å². The van der Waals surface area contributed by atoms with Crippen molar-refractivity contribution >= 4 is 17.5 Å². The third-order valence-electron chi connectivity index (χ3n) is 2.70. The molecule has 2 amide bonds. The van der Waals surface area contributed by atoms with Gasteiger partial charge in [0.15, 0.2) is 0 Å². The van der Waals surface area contributed by atoms with Crippen molar-refractivity contribution in [3.05, 3.63) is 54.3 Å². The lowest BCUT2D eigenvalue weighted by Crippen LogP contribution is -2.23. The van der Waals surface area contributed by atoms with Crippen molar-refractivity contribution < 1.29 is 9.59 Å². The molecule has 0 aliphatic carbocycles. The summed E-state index contributed by atoms with van der Waals surface area (Å²) in [5.41, 5.74) is 1.94. The van der Waals surface area contributed by atoms with E-state index in [1.165, 1.54) is 15.9 Å². The quantitative estimate of drug-likeness (QED) is 0.793. The lowest BCUT2D eigenvalue weighted by molar-refractivity contribution is -0.113. The first kappa shape index (κ1) is 12.1. The first-order chi connectivity index (χ1) is 8.50. The number of allylic oxidation sites excluding steroid dienone is 1. The molecule has 0 aromatic heterocycles. The fourth-order valence-electron chi connectivity index (χ4n) is 1.76. The first-order valence-corrected chi connectivity index (χ1v) is 5.53. The summed E-state index contributed by atoms with van der Waals surface area (Å²) in [6.45, 7) is 3.79. The minimum Gasteiger partial charge on any atom is -0.345 e. The Labute approximate surface area is 106 Å². The summed E-state index contributed by atoms with van der Waals surface area (Å²) in [6, 6.07) is 6.90. The van der Waals surface area contributed by atoms with Crippen LogP contribution in [0.15, 0.2) is 48.7 Å². The second kappa shape index (κ2) is 4.49. The number of amides is 2. The highest BCUT2D eigenvalue weighted by Gasteiger charge is 2.20. The molecular weight excluding hydrogens is 228 g/mol. The van der Waals surface area contributed by atoms with Crippen molar-refractivity contribution in [2.24, 2.45) is 0 Å². The first-order valence-electron chi connectivity index (χ1n) is 5.53. The zero-order chi connectivity index (χ0) is 13.3. The fourth-order valence-corrected chi connectivity index (χ4v) is 1.76. The van der Waals surface area contributed by atoms with Crippen molar-refractivity contribution in [2.45, 2.75) is 0 Å². The number of nitrogens with zero attached hydrogens (tertiary/aromatic N) is 2. The number of anilines is 1. The molecule has 1 aliphatic rings. The summed E-state index contributed by atoms with van der Waals surface area (Å²) in [7, 11) is 3.40. The van der Waals surface area contributed by atoms with Crippen LogP contribution in [0.1, 0.15) is 10.4 Å². The number of carbonyl (C=O) groups excluding carboxylic acids is 2. The van der Waals surface area contributed by atoms with E-state index in [2.05, 4.69) is 6.58 Å². The van der Waals surface area contributed by atoms with E-state index in [4.69, 9.17) is 0 Å². The Hall–Kier alpha value is -2.36. The molecule has 0 radical (unpaired) electrons.